The molecular weight excluding hydrogens is 791 g/mol. The summed E-state index contributed by atoms with van der Waals surface area (Å²) in [6, 6.07) is 15.1. The lowest BCUT2D eigenvalue weighted by Crippen LogP contribution is -2.14. The van der Waals surface area contributed by atoms with Gasteiger partial charge in [-0.15, -0.1) is 0 Å². The highest BCUT2D eigenvalue weighted by Crippen LogP contribution is 2.44. The standard InChI is InChI=1S/C41H25F9O8/c42-39(43,44)24-7-12-30(33(17-24)23-5-6-23)36(53)57-28-15-22(16-29(20-28)58-38(55)32-14-9-26(19-35(32)52)41(48,49)50)2-1-21-3-10-27(11-4-21)56-37(54)31-13-8-25(18-34(31)51)40(45,46)47/h1-4,7-20,23,51-52H,5-6H2/b2-1+. The summed E-state index contributed by atoms with van der Waals surface area (Å²) in [5.74, 6) is -6.40. The molecule has 1 aliphatic carbocycles. The third-order valence-corrected chi connectivity index (χ3v) is 8.59. The fourth-order valence-corrected chi connectivity index (χ4v) is 5.55. The molecule has 0 atom stereocenters. The van der Waals surface area contributed by atoms with Crippen LogP contribution in [0, 0.1) is 0 Å². The molecule has 0 heterocycles. The quantitative estimate of drug-likeness (QED) is 0.0653. The molecule has 5 aromatic carbocycles. The van der Waals surface area contributed by atoms with Crippen LogP contribution in [-0.2, 0) is 18.5 Å². The van der Waals surface area contributed by atoms with E-state index in [0.717, 1.165) is 30.3 Å². The van der Waals surface area contributed by atoms with Crippen molar-refractivity contribution in [2.45, 2.75) is 37.3 Å². The van der Waals surface area contributed by atoms with Crippen LogP contribution in [0.25, 0.3) is 12.2 Å². The number of alkyl halides is 9. The first-order valence-corrected chi connectivity index (χ1v) is 16.8. The Hall–Kier alpha value is -6.78. The molecule has 0 unspecified atom stereocenters. The van der Waals surface area contributed by atoms with Gasteiger partial charge in [0.05, 0.1) is 22.3 Å². The maximum atomic E-state index is 13.4. The number of rotatable bonds is 9. The van der Waals surface area contributed by atoms with Gasteiger partial charge in [0, 0.05) is 6.07 Å². The first-order chi connectivity index (χ1) is 27.2. The highest BCUT2D eigenvalue weighted by Gasteiger charge is 2.36. The number of phenolic OH excluding ortho intramolecular Hbond substituents is 2. The lowest BCUT2D eigenvalue weighted by molar-refractivity contribution is -0.138. The second-order valence-corrected chi connectivity index (χ2v) is 12.8. The molecule has 0 bridgehead atoms. The van der Waals surface area contributed by atoms with E-state index in [2.05, 4.69) is 0 Å². The summed E-state index contributed by atoms with van der Waals surface area (Å²) in [5, 5.41) is 20.1. The number of aromatic hydroxyl groups is 2. The van der Waals surface area contributed by atoms with Gasteiger partial charge in [0.25, 0.3) is 0 Å². The average Bonchev–Trinajstić information content (AvgIpc) is 3.99. The van der Waals surface area contributed by atoms with Crippen molar-refractivity contribution >= 4 is 30.1 Å². The third kappa shape index (κ3) is 9.77. The van der Waals surface area contributed by atoms with Gasteiger partial charge in [-0.3, -0.25) is 0 Å². The van der Waals surface area contributed by atoms with E-state index in [4.69, 9.17) is 14.2 Å². The topological polar surface area (TPSA) is 119 Å². The summed E-state index contributed by atoms with van der Waals surface area (Å²) < 4.78 is 134. The number of hydrogen-bond donors (Lipinski definition) is 2. The Morgan fingerprint density at radius 1 is 0.483 bits per heavy atom. The first kappa shape index (κ1) is 40.9. The highest BCUT2D eigenvalue weighted by atomic mass is 19.4. The Kier molecular flexibility index (Phi) is 11.0. The molecule has 17 heteroatoms. The predicted octanol–water partition coefficient (Wildman–Crippen LogP) is 10.9. The molecule has 300 valence electrons. The molecule has 2 N–H and O–H groups in total. The Balaban J connectivity index is 1.25. The number of halogens is 9. The lowest BCUT2D eigenvalue weighted by atomic mass is 10.00. The lowest BCUT2D eigenvalue weighted by Gasteiger charge is -2.14. The molecule has 58 heavy (non-hydrogen) atoms. The van der Waals surface area contributed by atoms with Crippen LogP contribution in [-0.4, -0.2) is 28.1 Å². The summed E-state index contributed by atoms with van der Waals surface area (Å²) >= 11 is 0. The fraction of sp³-hybridized carbons (Fsp3) is 0.146. The molecule has 0 spiro atoms. The van der Waals surface area contributed by atoms with E-state index in [-0.39, 0.29) is 39.9 Å². The summed E-state index contributed by atoms with van der Waals surface area (Å²) in [4.78, 5) is 38.9. The zero-order valence-electron chi connectivity index (χ0n) is 29.1. The summed E-state index contributed by atoms with van der Waals surface area (Å²) in [6.45, 7) is 0. The number of carbonyl (C=O) groups is 3. The van der Waals surface area contributed by atoms with Crippen LogP contribution in [0.4, 0.5) is 39.5 Å². The van der Waals surface area contributed by atoms with E-state index >= 15 is 0 Å². The summed E-state index contributed by atoms with van der Waals surface area (Å²) in [6.07, 6.45) is -10.2. The molecule has 0 saturated heterocycles. The monoisotopic (exact) mass is 816 g/mol. The van der Waals surface area contributed by atoms with E-state index < -0.39 is 75.8 Å². The minimum absolute atomic E-state index is 0.0510. The van der Waals surface area contributed by atoms with Gasteiger partial charge in [-0.2, -0.15) is 39.5 Å². The molecule has 1 aliphatic rings. The van der Waals surface area contributed by atoms with Gasteiger partial charge in [0.1, 0.15) is 39.9 Å². The number of ether oxygens (including phenoxy) is 3. The Bertz CT molecular complexity index is 2430. The van der Waals surface area contributed by atoms with Gasteiger partial charge in [0.15, 0.2) is 0 Å². The van der Waals surface area contributed by atoms with Gasteiger partial charge in [-0.05, 0) is 114 Å². The number of hydrogen-bond acceptors (Lipinski definition) is 8. The maximum Gasteiger partial charge on any atom is 0.416 e. The van der Waals surface area contributed by atoms with Crippen LogP contribution in [0.15, 0.2) is 97.1 Å². The smallest absolute Gasteiger partial charge is 0.416 e. The Morgan fingerprint density at radius 3 is 1.31 bits per heavy atom. The normalized spacial score (nSPS) is 13.3. The van der Waals surface area contributed by atoms with Gasteiger partial charge >= 0.3 is 36.4 Å². The molecule has 1 saturated carbocycles. The molecule has 5 aromatic rings. The number of phenols is 2. The molecular formula is C41H25F9O8. The zero-order valence-corrected chi connectivity index (χ0v) is 29.1. The van der Waals surface area contributed by atoms with E-state index in [0.29, 0.717) is 48.7 Å². The molecule has 0 amide bonds. The maximum absolute atomic E-state index is 13.4. The second-order valence-electron chi connectivity index (χ2n) is 12.8. The van der Waals surface area contributed by atoms with Crippen molar-refractivity contribution in [3.63, 3.8) is 0 Å². The second kappa shape index (κ2) is 15.6. The predicted molar refractivity (Wildman–Crippen MR) is 186 cm³/mol. The first-order valence-electron chi connectivity index (χ1n) is 16.8. The van der Waals surface area contributed by atoms with E-state index in [9.17, 15) is 64.1 Å². The average molecular weight is 817 g/mol. The van der Waals surface area contributed by atoms with Crippen LogP contribution >= 0.6 is 0 Å². The van der Waals surface area contributed by atoms with E-state index in [1.54, 1.807) is 0 Å². The van der Waals surface area contributed by atoms with Crippen molar-refractivity contribution in [3.8, 4) is 28.7 Å². The van der Waals surface area contributed by atoms with Crippen molar-refractivity contribution in [1.29, 1.82) is 0 Å². The third-order valence-electron chi connectivity index (χ3n) is 8.59. The largest absolute Gasteiger partial charge is 0.507 e. The van der Waals surface area contributed by atoms with Gasteiger partial charge < -0.3 is 24.4 Å². The SMILES string of the molecule is O=C(Oc1ccc(/C=C/c2cc(OC(=O)c3ccc(C(F)(F)F)cc3O)cc(OC(=O)c3ccc(C(F)(F)F)cc3C3CC3)c2)cc1)c1ccc(C(F)(F)F)cc1O. The van der Waals surface area contributed by atoms with Gasteiger partial charge in [-0.1, -0.05) is 24.3 Å². The molecule has 0 aliphatic heterocycles. The van der Waals surface area contributed by atoms with E-state index in [1.807, 2.05) is 0 Å². The molecule has 0 radical (unpaired) electrons. The Labute approximate surface area is 321 Å². The van der Waals surface area contributed by atoms with Gasteiger partial charge in [-0.25, -0.2) is 14.4 Å². The number of benzene rings is 5. The van der Waals surface area contributed by atoms with Crippen LogP contribution in [0.5, 0.6) is 28.7 Å². The molecule has 1 fully saturated rings. The molecule has 8 nitrogen and oxygen atoms in total. The summed E-state index contributed by atoms with van der Waals surface area (Å²) in [5.41, 5.74) is -3.90. The van der Waals surface area contributed by atoms with Crippen molar-refractivity contribution in [1.82, 2.24) is 0 Å². The number of esters is 3. The highest BCUT2D eigenvalue weighted by molar-refractivity contribution is 5.95. The van der Waals surface area contributed by atoms with Crippen LogP contribution in [0.2, 0.25) is 0 Å². The van der Waals surface area contributed by atoms with Crippen LogP contribution in [0.3, 0.4) is 0 Å². The van der Waals surface area contributed by atoms with Gasteiger partial charge in [0.2, 0.25) is 0 Å². The zero-order chi connectivity index (χ0) is 42.2. The summed E-state index contributed by atoms with van der Waals surface area (Å²) in [7, 11) is 0. The van der Waals surface area contributed by atoms with Crippen molar-refractivity contribution < 1.29 is 78.3 Å². The fourth-order valence-electron chi connectivity index (χ4n) is 5.55. The van der Waals surface area contributed by atoms with Crippen molar-refractivity contribution in [3.05, 3.63) is 147 Å². The Morgan fingerprint density at radius 2 is 0.879 bits per heavy atom. The number of carbonyl (C=O) groups excluding carboxylic acids is 3. The van der Waals surface area contributed by atoms with Crippen LogP contribution in [0.1, 0.15) is 83.2 Å². The van der Waals surface area contributed by atoms with Crippen LogP contribution < -0.4 is 14.2 Å². The van der Waals surface area contributed by atoms with E-state index in [1.165, 1.54) is 48.6 Å². The minimum Gasteiger partial charge on any atom is -0.507 e. The minimum atomic E-state index is -4.82. The van der Waals surface area contributed by atoms with Crippen molar-refractivity contribution in [2.24, 2.45) is 0 Å². The molecule has 6 rings (SSSR count). The van der Waals surface area contributed by atoms with Crippen molar-refractivity contribution in [2.75, 3.05) is 0 Å². The molecule has 0 aromatic heterocycles.